The molecule has 1 aromatic rings. The van der Waals surface area contributed by atoms with Crippen LogP contribution in [0.5, 0.6) is 0 Å². The van der Waals surface area contributed by atoms with E-state index >= 15 is 0 Å². The third-order valence-corrected chi connectivity index (χ3v) is 4.04. The average molecular weight is 262 g/mol. The van der Waals surface area contributed by atoms with Gasteiger partial charge in [0, 0.05) is 25.3 Å². The predicted molar refractivity (Wildman–Crippen MR) is 80.5 cm³/mol. The first-order valence-electron chi connectivity index (χ1n) is 7.38. The van der Waals surface area contributed by atoms with E-state index in [9.17, 15) is 5.11 Å². The van der Waals surface area contributed by atoms with Crippen LogP contribution in [0.25, 0.3) is 0 Å². The van der Waals surface area contributed by atoms with Crippen LogP contribution in [-0.4, -0.2) is 30.3 Å². The van der Waals surface area contributed by atoms with Crippen LogP contribution in [0.3, 0.4) is 0 Å². The summed E-state index contributed by atoms with van der Waals surface area (Å²) < 4.78 is 0. The van der Waals surface area contributed by atoms with Crippen LogP contribution in [-0.2, 0) is 6.42 Å². The lowest BCUT2D eigenvalue weighted by Gasteiger charge is -2.31. The molecule has 0 amide bonds. The van der Waals surface area contributed by atoms with Crippen molar-refractivity contribution in [3.05, 3.63) is 29.8 Å². The molecule has 106 valence electrons. The Morgan fingerprint density at radius 1 is 1.32 bits per heavy atom. The molecule has 0 fully saturated rings. The van der Waals surface area contributed by atoms with E-state index in [2.05, 4.69) is 29.2 Å². The van der Waals surface area contributed by atoms with Gasteiger partial charge in [-0.2, -0.15) is 0 Å². The molecule has 19 heavy (non-hydrogen) atoms. The summed E-state index contributed by atoms with van der Waals surface area (Å²) in [6, 6.07) is 8.71. The monoisotopic (exact) mass is 262 g/mol. The molecule has 1 aliphatic heterocycles. The van der Waals surface area contributed by atoms with Gasteiger partial charge < -0.3 is 15.7 Å². The Morgan fingerprint density at radius 3 is 2.89 bits per heavy atom. The molecule has 2 rings (SSSR count). The first kappa shape index (κ1) is 14.4. The van der Waals surface area contributed by atoms with Gasteiger partial charge in [0.15, 0.2) is 0 Å². The SMILES string of the molecule is CC(O)(CN)CCCCN1CCCc2ccccc21. The van der Waals surface area contributed by atoms with Gasteiger partial charge in [0.05, 0.1) is 5.60 Å². The zero-order chi connectivity index (χ0) is 13.7. The molecular weight excluding hydrogens is 236 g/mol. The zero-order valence-corrected chi connectivity index (χ0v) is 11.9. The molecular formula is C16H26N2O. The maximum absolute atomic E-state index is 9.88. The van der Waals surface area contributed by atoms with E-state index in [4.69, 9.17) is 5.73 Å². The highest BCUT2D eigenvalue weighted by Gasteiger charge is 2.18. The summed E-state index contributed by atoms with van der Waals surface area (Å²) in [5.74, 6) is 0. The number of aryl methyl sites for hydroxylation is 1. The Labute approximate surface area is 116 Å². The topological polar surface area (TPSA) is 49.5 Å². The molecule has 0 radical (unpaired) electrons. The molecule has 0 saturated carbocycles. The van der Waals surface area contributed by atoms with Gasteiger partial charge in [-0.15, -0.1) is 0 Å². The predicted octanol–water partition coefficient (Wildman–Crippen LogP) is 2.32. The van der Waals surface area contributed by atoms with E-state index in [1.54, 1.807) is 0 Å². The fraction of sp³-hybridized carbons (Fsp3) is 0.625. The van der Waals surface area contributed by atoms with Gasteiger partial charge in [-0.25, -0.2) is 0 Å². The number of unbranched alkanes of at least 4 members (excludes halogenated alkanes) is 1. The molecule has 0 aliphatic carbocycles. The summed E-state index contributed by atoms with van der Waals surface area (Å²) in [6.45, 7) is 4.41. The molecule has 1 atom stereocenters. The van der Waals surface area contributed by atoms with Crippen LogP contribution in [0, 0.1) is 0 Å². The number of benzene rings is 1. The lowest BCUT2D eigenvalue weighted by atomic mass is 9.98. The molecule has 0 aromatic heterocycles. The summed E-state index contributed by atoms with van der Waals surface area (Å²) in [5, 5.41) is 9.88. The molecule has 3 N–H and O–H groups in total. The van der Waals surface area contributed by atoms with Crippen molar-refractivity contribution in [1.29, 1.82) is 0 Å². The van der Waals surface area contributed by atoms with Gasteiger partial charge in [0.2, 0.25) is 0 Å². The minimum atomic E-state index is -0.695. The number of aliphatic hydroxyl groups is 1. The van der Waals surface area contributed by atoms with Gasteiger partial charge in [0.25, 0.3) is 0 Å². The Hall–Kier alpha value is -1.06. The number of nitrogens with two attached hydrogens (primary N) is 1. The van der Waals surface area contributed by atoms with Crippen molar-refractivity contribution in [1.82, 2.24) is 0 Å². The Balaban J connectivity index is 1.82. The van der Waals surface area contributed by atoms with E-state index in [1.807, 2.05) is 6.92 Å². The second-order valence-electron chi connectivity index (χ2n) is 5.88. The normalized spacial score (nSPS) is 17.9. The summed E-state index contributed by atoms with van der Waals surface area (Å²) in [7, 11) is 0. The largest absolute Gasteiger partial charge is 0.389 e. The van der Waals surface area contributed by atoms with Gasteiger partial charge in [-0.05, 0) is 50.7 Å². The highest BCUT2D eigenvalue weighted by atomic mass is 16.3. The summed E-state index contributed by atoms with van der Waals surface area (Å²) in [4.78, 5) is 2.48. The van der Waals surface area contributed by atoms with Crippen molar-refractivity contribution in [3.8, 4) is 0 Å². The molecule has 1 unspecified atom stereocenters. The van der Waals surface area contributed by atoms with Crippen molar-refractivity contribution >= 4 is 5.69 Å². The third-order valence-electron chi connectivity index (χ3n) is 4.04. The highest BCUT2D eigenvalue weighted by Crippen LogP contribution is 2.27. The molecule has 0 spiro atoms. The maximum Gasteiger partial charge on any atom is 0.0741 e. The number of anilines is 1. The highest BCUT2D eigenvalue weighted by molar-refractivity contribution is 5.55. The number of rotatable bonds is 6. The van der Waals surface area contributed by atoms with Crippen molar-refractivity contribution in [2.24, 2.45) is 5.73 Å². The van der Waals surface area contributed by atoms with E-state index in [0.717, 1.165) is 32.4 Å². The second-order valence-corrected chi connectivity index (χ2v) is 5.88. The van der Waals surface area contributed by atoms with Crippen LogP contribution in [0.15, 0.2) is 24.3 Å². The molecule has 1 aromatic carbocycles. The Bertz CT molecular complexity index is 403. The number of hydrogen-bond donors (Lipinski definition) is 2. The molecule has 1 aliphatic rings. The fourth-order valence-corrected chi connectivity index (χ4v) is 2.75. The van der Waals surface area contributed by atoms with Gasteiger partial charge in [-0.3, -0.25) is 0 Å². The molecule has 1 heterocycles. The standard InChI is InChI=1S/C16H26N2O/c1-16(19,13-17)10-4-5-11-18-12-6-8-14-7-2-3-9-15(14)18/h2-3,7,9,19H,4-6,8,10-13,17H2,1H3. The van der Waals surface area contributed by atoms with Crippen LogP contribution in [0.2, 0.25) is 0 Å². The van der Waals surface area contributed by atoms with Crippen LogP contribution in [0.4, 0.5) is 5.69 Å². The summed E-state index contributed by atoms with van der Waals surface area (Å²) in [6.07, 6.45) is 5.39. The number of fused-ring (bicyclic) bond motifs is 1. The minimum absolute atomic E-state index is 0.347. The van der Waals surface area contributed by atoms with E-state index in [0.29, 0.717) is 6.54 Å². The minimum Gasteiger partial charge on any atom is -0.389 e. The first-order chi connectivity index (χ1) is 9.12. The van der Waals surface area contributed by atoms with Crippen molar-refractivity contribution in [2.45, 2.75) is 44.6 Å². The van der Waals surface area contributed by atoms with Gasteiger partial charge in [0.1, 0.15) is 0 Å². The average Bonchev–Trinajstić information content (AvgIpc) is 2.44. The first-order valence-corrected chi connectivity index (χ1v) is 7.38. The van der Waals surface area contributed by atoms with Crippen LogP contribution < -0.4 is 10.6 Å². The van der Waals surface area contributed by atoms with Crippen molar-refractivity contribution < 1.29 is 5.11 Å². The quantitative estimate of drug-likeness (QED) is 0.774. The van der Waals surface area contributed by atoms with Crippen LogP contribution in [0.1, 0.15) is 38.2 Å². The lowest BCUT2D eigenvalue weighted by Crippen LogP contribution is -2.34. The van der Waals surface area contributed by atoms with Crippen molar-refractivity contribution in [2.75, 3.05) is 24.5 Å². The molecule has 0 saturated heterocycles. The molecule has 0 bridgehead atoms. The number of hydrogen-bond acceptors (Lipinski definition) is 3. The smallest absolute Gasteiger partial charge is 0.0741 e. The Morgan fingerprint density at radius 2 is 2.11 bits per heavy atom. The van der Waals surface area contributed by atoms with Gasteiger partial charge >= 0.3 is 0 Å². The summed E-state index contributed by atoms with van der Waals surface area (Å²) >= 11 is 0. The molecule has 3 nitrogen and oxygen atoms in total. The Kier molecular flexibility index (Phi) is 4.83. The van der Waals surface area contributed by atoms with Crippen LogP contribution >= 0.6 is 0 Å². The number of para-hydroxylation sites is 1. The fourth-order valence-electron chi connectivity index (χ4n) is 2.75. The van der Waals surface area contributed by atoms with E-state index in [-0.39, 0.29) is 0 Å². The summed E-state index contributed by atoms with van der Waals surface area (Å²) in [5.41, 5.74) is 7.72. The van der Waals surface area contributed by atoms with E-state index < -0.39 is 5.60 Å². The van der Waals surface area contributed by atoms with Gasteiger partial charge in [-0.1, -0.05) is 18.2 Å². The molecule has 3 heteroatoms. The zero-order valence-electron chi connectivity index (χ0n) is 11.9. The van der Waals surface area contributed by atoms with E-state index in [1.165, 1.54) is 24.1 Å². The maximum atomic E-state index is 9.88. The van der Waals surface area contributed by atoms with Crippen molar-refractivity contribution in [3.63, 3.8) is 0 Å². The second kappa shape index (κ2) is 6.40. The number of nitrogens with zero attached hydrogens (tertiary/aromatic N) is 1. The third kappa shape index (κ3) is 3.95. The lowest BCUT2D eigenvalue weighted by molar-refractivity contribution is 0.0574.